The number of aromatic nitrogens is 6. The van der Waals surface area contributed by atoms with Crippen LogP contribution in [-0.2, 0) is 0 Å². The van der Waals surface area contributed by atoms with Crippen molar-refractivity contribution in [2.75, 3.05) is 0 Å². The first-order valence-corrected chi connectivity index (χ1v) is 20.6. The van der Waals surface area contributed by atoms with E-state index in [4.69, 9.17) is 29.3 Å². The lowest BCUT2D eigenvalue weighted by Gasteiger charge is -2.17. The fourth-order valence-electron chi connectivity index (χ4n) is 8.51. The van der Waals surface area contributed by atoms with Crippen LogP contribution in [0.2, 0.25) is 0 Å². The van der Waals surface area contributed by atoms with Crippen LogP contribution in [0.4, 0.5) is 0 Å². The number of rotatable bonds is 7. The van der Waals surface area contributed by atoms with Gasteiger partial charge in [0.2, 0.25) is 0 Å². The molecule has 8 aromatic carbocycles. The number of nitrogens with zero attached hydrogens (tertiary/aromatic N) is 6. The van der Waals surface area contributed by atoms with Gasteiger partial charge in [-0.1, -0.05) is 164 Å². The Kier molecular flexibility index (Phi) is 8.35. The molecule has 0 saturated carbocycles. The van der Waals surface area contributed by atoms with E-state index in [2.05, 4.69) is 89.5 Å². The van der Waals surface area contributed by atoms with Crippen LogP contribution >= 0.6 is 0 Å². The Morgan fingerprint density at radius 1 is 0.306 bits per heavy atom. The molecule has 7 nitrogen and oxygen atoms in total. The van der Waals surface area contributed by atoms with Crippen LogP contribution in [0.1, 0.15) is 0 Å². The van der Waals surface area contributed by atoms with E-state index < -0.39 is 0 Å². The van der Waals surface area contributed by atoms with Gasteiger partial charge in [0.1, 0.15) is 11.2 Å². The molecule has 4 aromatic heterocycles. The summed E-state index contributed by atoms with van der Waals surface area (Å²) in [5, 5.41) is 4.32. The molecule has 0 atom stereocenters. The van der Waals surface area contributed by atoms with Crippen molar-refractivity contribution in [1.82, 2.24) is 29.5 Å². The Morgan fingerprint density at radius 3 is 1.47 bits per heavy atom. The smallest absolute Gasteiger partial charge is 0.166 e. The summed E-state index contributed by atoms with van der Waals surface area (Å²) in [5.74, 6) is 2.35. The highest BCUT2D eigenvalue weighted by Crippen LogP contribution is 2.41. The van der Waals surface area contributed by atoms with E-state index in [1.807, 2.05) is 121 Å². The average molecular weight is 795 g/mol. The molecule has 290 valence electrons. The van der Waals surface area contributed by atoms with E-state index in [1.54, 1.807) is 0 Å². The third kappa shape index (κ3) is 6.11. The molecule has 7 heteroatoms. The number of benzene rings is 8. The first kappa shape index (κ1) is 35.4. The highest BCUT2D eigenvalue weighted by Gasteiger charge is 2.22. The topological polar surface area (TPSA) is 82.5 Å². The zero-order valence-electron chi connectivity index (χ0n) is 33.2. The van der Waals surface area contributed by atoms with Gasteiger partial charge in [0.05, 0.1) is 28.1 Å². The molecule has 0 N–H and O–H groups in total. The zero-order chi connectivity index (χ0) is 41.0. The first-order chi connectivity index (χ1) is 30.7. The maximum Gasteiger partial charge on any atom is 0.166 e. The maximum atomic E-state index is 6.43. The Bertz CT molecular complexity index is 3510. The Labute approximate surface area is 356 Å². The Hall–Kier alpha value is -8.55. The molecule has 0 aliphatic carbocycles. The summed E-state index contributed by atoms with van der Waals surface area (Å²) < 4.78 is 8.76. The highest BCUT2D eigenvalue weighted by atomic mass is 16.3. The second-order valence-electron chi connectivity index (χ2n) is 15.3. The third-order valence-electron chi connectivity index (χ3n) is 11.5. The van der Waals surface area contributed by atoms with Gasteiger partial charge in [-0.25, -0.2) is 24.9 Å². The van der Waals surface area contributed by atoms with E-state index in [1.165, 1.54) is 0 Å². The standard InChI is InChI=1S/C55H34N6O/c1-5-17-35(18-6-1)45-34-46(57-52(56-45)36-19-7-2-8-20-36)39-29-30-48(44(31-39)55-59-53(37-21-9-3-10-22-37)58-54(60-55)38-23-11-4-12-24-38)61-47-27-15-13-25-40(47)42-33-51-43(32-49(42)61)41-26-14-16-28-50(41)62-51/h1-34H. The number of hydrogen-bond donors (Lipinski definition) is 0. The second kappa shape index (κ2) is 14.6. The van der Waals surface area contributed by atoms with E-state index in [-0.39, 0.29) is 0 Å². The van der Waals surface area contributed by atoms with Gasteiger partial charge >= 0.3 is 0 Å². The van der Waals surface area contributed by atoms with Crippen molar-refractivity contribution in [3.8, 4) is 73.8 Å². The van der Waals surface area contributed by atoms with Gasteiger partial charge in [-0.2, -0.15) is 0 Å². The minimum Gasteiger partial charge on any atom is -0.456 e. The number of hydrogen-bond acceptors (Lipinski definition) is 6. The van der Waals surface area contributed by atoms with Crippen molar-refractivity contribution in [2.24, 2.45) is 0 Å². The van der Waals surface area contributed by atoms with Crippen molar-refractivity contribution >= 4 is 43.7 Å². The summed E-state index contributed by atoms with van der Waals surface area (Å²) in [6.07, 6.45) is 0. The summed E-state index contributed by atoms with van der Waals surface area (Å²) in [4.78, 5) is 26.0. The van der Waals surface area contributed by atoms with Gasteiger partial charge in [-0.05, 0) is 42.5 Å². The molecule has 0 unspecified atom stereocenters. The van der Waals surface area contributed by atoms with Gasteiger partial charge in [-0.15, -0.1) is 0 Å². The average Bonchev–Trinajstić information content (AvgIpc) is 3.88. The SMILES string of the molecule is c1ccc(-c2cc(-c3ccc(-n4c5ccccc5c5cc6oc7ccccc7c6cc54)c(-c4nc(-c5ccccc5)nc(-c5ccccc5)n4)c3)nc(-c3ccccc3)n2)cc1. The van der Waals surface area contributed by atoms with Gasteiger partial charge in [-0.3, -0.25) is 0 Å². The zero-order valence-corrected chi connectivity index (χ0v) is 33.2. The van der Waals surface area contributed by atoms with Crippen molar-refractivity contribution in [1.29, 1.82) is 0 Å². The van der Waals surface area contributed by atoms with Crippen molar-refractivity contribution in [3.63, 3.8) is 0 Å². The molecule has 0 fully saturated rings. The normalized spacial score (nSPS) is 11.5. The van der Waals surface area contributed by atoms with E-state index in [0.717, 1.165) is 94.2 Å². The van der Waals surface area contributed by atoms with Crippen LogP contribution in [0.5, 0.6) is 0 Å². The maximum absolute atomic E-state index is 6.43. The molecule has 4 heterocycles. The lowest BCUT2D eigenvalue weighted by molar-refractivity contribution is 0.669. The van der Waals surface area contributed by atoms with Gasteiger partial charge in [0.25, 0.3) is 0 Å². The lowest BCUT2D eigenvalue weighted by atomic mass is 10.0. The molecule has 0 spiro atoms. The predicted octanol–water partition coefficient (Wildman–Crippen LogP) is 13.7. The molecule has 0 bridgehead atoms. The van der Waals surface area contributed by atoms with Crippen molar-refractivity contribution < 1.29 is 4.42 Å². The van der Waals surface area contributed by atoms with Crippen LogP contribution in [0.25, 0.3) is 117 Å². The van der Waals surface area contributed by atoms with Crippen molar-refractivity contribution in [2.45, 2.75) is 0 Å². The fourth-order valence-corrected chi connectivity index (χ4v) is 8.51. The molecule has 12 rings (SSSR count). The quantitative estimate of drug-likeness (QED) is 0.160. The molecule has 0 aliphatic rings. The summed E-state index contributed by atoms with van der Waals surface area (Å²) in [6, 6.07) is 70.3. The second-order valence-corrected chi connectivity index (χ2v) is 15.3. The molecule has 0 radical (unpaired) electrons. The minimum absolute atomic E-state index is 0.538. The number of para-hydroxylation sites is 2. The molecule has 0 aliphatic heterocycles. The van der Waals surface area contributed by atoms with Crippen LogP contribution in [-0.4, -0.2) is 29.5 Å². The van der Waals surface area contributed by atoms with Crippen molar-refractivity contribution in [3.05, 3.63) is 206 Å². The third-order valence-corrected chi connectivity index (χ3v) is 11.5. The van der Waals surface area contributed by atoms with E-state index in [9.17, 15) is 0 Å². The predicted molar refractivity (Wildman–Crippen MR) is 250 cm³/mol. The Morgan fingerprint density at radius 2 is 0.823 bits per heavy atom. The minimum atomic E-state index is 0.538. The fraction of sp³-hybridized carbons (Fsp3) is 0. The first-order valence-electron chi connectivity index (χ1n) is 20.6. The molecule has 0 amide bonds. The Balaban J connectivity index is 1.17. The van der Waals surface area contributed by atoms with E-state index >= 15 is 0 Å². The largest absolute Gasteiger partial charge is 0.456 e. The van der Waals surface area contributed by atoms with Crippen LogP contribution in [0, 0.1) is 0 Å². The van der Waals surface area contributed by atoms with Gasteiger partial charge in [0, 0.05) is 54.9 Å². The summed E-state index contributed by atoms with van der Waals surface area (Å²) in [6.45, 7) is 0. The van der Waals surface area contributed by atoms with Crippen LogP contribution in [0.3, 0.4) is 0 Å². The molecule has 12 aromatic rings. The monoisotopic (exact) mass is 794 g/mol. The number of fused-ring (bicyclic) bond motifs is 6. The van der Waals surface area contributed by atoms with Crippen LogP contribution < -0.4 is 0 Å². The molecular formula is C55H34N6O. The molecular weight excluding hydrogens is 761 g/mol. The number of furan rings is 1. The molecule has 0 saturated heterocycles. The lowest BCUT2D eigenvalue weighted by Crippen LogP contribution is -2.04. The van der Waals surface area contributed by atoms with Crippen LogP contribution in [0.15, 0.2) is 211 Å². The summed E-state index contributed by atoms with van der Waals surface area (Å²) in [5.41, 5.74) is 11.8. The highest BCUT2D eigenvalue weighted by molar-refractivity contribution is 6.17. The summed E-state index contributed by atoms with van der Waals surface area (Å²) >= 11 is 0. The van der Waals surface area contributed by atoms with E-state index in [0.29, 0.717) is 23.3 Å². The summed E-state index contributed by atoms with van der Waals surface area (Å²) in [7, 11) is 0. The van der Waals surface area contributed by atoms with Gasteiger partial charge < -0.3 is 8.98 Å². The molecule has 62 heavy (non-hydrogen) atoms. The van der Waals surface area contributed by atoms with Gasteiger partial charge in [0.15, 0.2) is 23.3 Å².